The van der Waals surface area contributed by atoms with Crippen LogP contribution in [0.2, 0.25) is 0 Å². The molecular weight excluding hydrogens is 176 g/mol. The molecule has 0 aromatic heterocycles. The average Bonchev–Trinajstić information content (AvgIpc) is 2.19. The largest absolute Gasteiger partial charge is 0.372 e. The third kappa shape index (κ3) is 1.48. The number of anilines is 2. The highest BCUT2D eigenvalue weighted by molar-refractivity contribution is 6.02. The second-order valence-corrected chi connectivity index (χ2v) is 3.26. The highest BCUT2D eigenvalue weighted by Gasteiger charge is 2.23. The Morgan fingerprint density at radius 1 is 1.36 bits per heavy atom. The first-order valence-electron chi connectivity index (χ1n) is 4.58. The lowest BCUT2D eigenvalue weighted by molar-refractivity contribution is -0.117. The molecule has 0 saturated carbocycles. The Balaban J connectivity index is 2.26. The SMILES string of the molecule is C=CC[C@H]1Nc2ccccc2NC1=O. The van der Waals surface area contributed by atoms with Crippen molar-refractivity contribution in [2.45, 2.75) is 12.5 Å². The van der Waals surface area contributed by atoms with E-state index in [1.165, 1.54) is 0 Å². The van der Waals surface area contributed by atoms with Crippen LogP contribution in [0.15, 0.2) is 36.9 Å². The van der Waals surface area contributed by atoms with Gasteiger partial charge in [-0.15, -0.1) is 6.58 Å². The van der Waals surface area contributed by atoms with Crippen LogP contribution in [0.4, 0.5) is 11.4 Å². The van der Waals surface area contributed by atoms with Gasteiger partial charge in [-0.05, 0) is 18.6 Å². The Morgan fingerprint density at radius 2 is 2.07 bits per heavy atom. The molecule has 0 bridgehead atoms. The molecular formula is C11H12N2O. The van der Waals surface area contributed by atoms with Gasteiger partial charge in [0.05, 0.1) is 11.4 Å². The molecule has 1 aliphatic rings. The van der Waals surface area contributed by atoms with E-state index in [-0.39, 0.29) is 11.9 Å². The average molecular weight is 188 g/mol. The number of carbonyl (C=O) groups is 1. The minimum absolute atomic E-state index is 0.00333. The number of fused-ring (bicyclic) bond motifs is 1. The van der Waals surface area contributed by atoms with Crippen LogP contribution in [0.25, 0.3) is 0 Å². The standard InChI is InChI=1S/C11H12N2O/c1-2-5-10-11(14)13-9-7-4-3-6-8(9)12-10/h2-4,6-7,10,12H,1,5H2,(H,13,14)/t10-/m1/s1. The summed E-state index contributed by atoms with van der Waals surface area (Å²) in [5.41, 5.74) is 1.82. The molecule has 1 aliphatic heterocycles. The van der Waals surface area contributed by atoms with Crippen molar-refractivity contribution in [2.75, 3.05) is 10.6 Å². The Labute approximate surface area is 82.8 Å². The van der Waals surface area contributed by atoms with Crippen molar-refractivity contribution in [2.24, 2.45) is 0 Å². The van der Waals surface area contributed by atoms with Crippen LogP contribution in [0.1, 0.15) is 6.42 Å². The van der Waals surface area contributed by atoms with Gasteiger partial charge in [-0.3, -0.25) is 4.79 Å². The lowest BCUT2D eigenvalue weighted by atomic mass is 10.1. The second kappa shape index (κ2) is 3.54. The molecule has 0 unspecified atom stereocenters. The van der Waals surface area contributed by atoms with Gasteiger partial charge in [0.2, 0.25) is 5.91 Å². The summed E-state index contributed by atoms with van der Waals surface area (Å²) >= 11 is 0. The normalized spacial score (nSPS) is 19.1. The molecule has 0 saturated heterocycles. The Bertz CT molecular complexity index is 373. The van der Waals surface area contributed by atoms with Crippen molar-refractivity contribution in [3.63, 3.8) is 0 Å². The summed E-state index contributed by atoms with van der Waals surface area (Å²) < 4.78 is 0. The van der Waals surface area contributed by atoms with E-state index in [0.29, 0.717) is 6.42 Å². The van der Waals surface area contributed by atoms with Crippen molar-refractivity contribution in [3.8, 4) is 0 Å². The lowest BCUT2D eigenvalue weighted by Crippen LogP contribution is -2.38. The van der Waals surface area contributed by atoms with Gasteiger partial charge in [0, 0.05) is 0 Å². The first kappa shape index (κ1) is 8.81. The molecule has 72 valence electrons. The fourth-order valence-electron chi connectivity index (χ4n) is 1.52. The van der Waals surface area contributed by atoms with Gasteiger partial charge in [-0.2, -0.15) is 0 Å². The highest BCUT2D eigenvalue weighted by Crippen LogP contribution is 2.26. The summed E-state index contributed by atoms with van der Waals surface area (Å²) in [4.78, 5) is 11.5. The van der Waals surface area contributed by atoms with E-state index in [1.54, 1.807) is 6.08 Å². The van der Waals surface area contributed by atoms with E-state index in [4.69, 9.17) is 0 Å². The maximum absolute atomic E-state index is 11.5. The van der Waals surface area contributed by atoms with Crippen LogP contribution in [-0.2, 0) is 4.79 Å². The van der Waals surface area contributed by atoms with Crippen molar-refractivity contribution in [1.82, 2.24) is 0 Å². The minimum Gasteiger partial charge on any atom is -0.372 e. The summed E-state index contributed by atoms with van der Waals surface area (Å²) in [7, 11) is 0. The van der Waals surface area contributed by atoms with Crippen LogP contribution in [-0.4, -0.2) is 11.9 Å². The van der Waals surface area contributed by atoms with Crippen LogP contribution >= 0.6 is 0 Å². The zero-order valence-corrected chi connectivity index (χ0v) is 7.79. The Hall–Kier alpha value is -1.77. The fraction of sp³-hybridized carbons (Fsp3) is 0.182. The molecule has 3 heteroatoms. The van der Waals surface area contributed by atoms with Crippen molar-refractivity contribution < 1.29 is 4.79 Å². The predicted octanol–water partition coefficient (Wildman–Crippen LogP) is 2.00. The van der Waals surface area contributed by atoms with Gasteiger partial charge >= 0.3 is 0 Å². The highest BCUT2D eigenvalue weighted by atomic mass is 16.2. The molecule has 14 heavy (non-hydrogen) atoms. The maximum atomic E-state index is 11.5. The fourth-order valence-corrected chi connectivity index (χ4v) is 1.52. The molecule has 0 fully saturated rings. The maximum Gasteiger partial charge on any atom is 0.247 e. The lowest BCUT2D eigenvalue weighted by Gasteiger charge is -2.25. The zero-order chi connectivity index (χ0) is 9.97. The summed E-state index contributed by atoms with van der Waals surface area (Å²) in [5, 5.41) is 6.01. The number of para-hydroxylation sites is 2. The van der Waals surface area contributed by atoms with Crippen LogP contribution in [0.5, 0.6) is 0 Å². The third-order valence-electron chi connectivity index (χ3n) is 2.23. The van der Waals surface area contributed by atoms with E-state index in [2.05, 4.69) is 17.2 Å². The first-order chi connectivity index (χ1) is 6.81. The predicted molar refractivity (Wildman–Crippen MR) is 57.3 cm³/mol. The zero-order valence-electron chi connectivity index (χ0n) is 7.79. The Morgan fingerprint density at radius 3 is 2.79 bits per heavy atom. The number of hydrogen-bond donors (Lipinski definition) is 2. The van der Waals surface area contributed by atoms with Crippen LogP contribution in [0.3, 0.4) is 0 Å². The molecule has 1 aromatic rings. The minimum atomic E-state index is -0.192. The molecule has 0 spiro atoms. The number of nitrogens with one attached hydrogen (secondary N) is 2. The van der Waals surface area contributed by atoms with E-state index in [1.807, 2.05) is 24.3 Å². The summed E-state index contributed by atoms with van der Waals surface area (Å²) in [6.07, 6.45) is 2.38. The van der Waals surface area contributed by atoms with Crippen LogP contribution in [0, 0.1) is 0 Å². The molecule has 1 heterocycles. The van der Waals surface area contributed by atoms with Gasteiger partial charge in [-0.25, -0.2) is 0 Å². The number of carbonyl (C=O) groups excluding carboxylic acids is 1. The molecule has 2 rings (SSSR count). The van der Waals surface area contributed by atoms with E-state index in [9.17, 15) is 4.79 Å². The third-order valence-corrected chi connectivity index (χ3v) is 2.23. The quantitative estimate of drug-likeness (QED) is 0.697. The van der Waals surface area contributed by atoms with E-state index < -0.39 is 0 Å². The molecule has 0 aliphatic carbocycles. The summed E-state index contributed by atoms with van der Waals surface area (Å²) in [6.45, 7) is 3.63. The molecule has 0 radical (unpaired) electrons. The second-order valence-electron chi connectivity index (χ2n) is 3.26. The topological polar surface area (TPSA) is 41.1 Å². The van der Waals surface area contributed by atoms with Crippen molar-refractivity contribution in [1.29, 1.82) is 0 Å². The van der Waals surface area contributed by atoms with E-state index in [0.717, 1.165) is 11.4 Å². The van der Waals surface area contributed by atoms with Crippen molar-refractivity contribution >= 4 is 17.3 Å². The summed E-state index contributed by atoms with van der Waals surface area (Å²) in [5.74, 6) is 0.00333. The molecule has 1 amide bonds. The molecule has 3 nitrogen and oxygen atoms in total. The molecule has 1 aromatic carbocycles. The molecule has 1 atom stereocenters. The number of rotatable bonds is 2. The van der Waals surface area contributed by atoms with Gasteiger partial charge < -0.3 is 10.6 Å². The van der Waals surface area contributed by atoms with Gasteiger partial charge in [0.1, 0.15) is 6.04 Å². The van der Waals surface area contributed by atoms with Gasteiger partial charge in [0.25, 0.3) is 0 Å². The van der Waals surface area contributed by atoms with E-state index >= 15 is 0 Å². The number of benzene rings is 1. The van der Waals surface area contributed by atoms with Gasteiger partial charge in [0.15, 0.2) is 0 Å². The smallest absolute Gasteiger partial charge is 0.247 e. The molecule has 2 N–H and O–H groups in total. The van der Waals surface area contributed by atoms with Crippen LogP contribution < -0.4 is 10.6 Å². The number of hydrogen-bond acceptors (Lipinski definition) is 2. The first-order valence-corrected chi connectivity index (χ1v) is 4.58. The van der Waals surface area contributed by atoms with Gasteiger partial charge in [-0.1, -0.05) is 18.2 Å². The Kier molecular flexibility index (Phi) is 2.23. The summed E-state index contributed by atoms with van der Waals surface area (Å²) in [6, 6.07) is 7.47. The van der Waals surface area contributed by atoms with Crippen molar-refractivity contribution in [3.05, 3.63) is 36.9 Å². The monoisotopic (exact) mass is 188 g/mol. The number of amides is 1.